The highest BCUT2D eigenvalue weighted by Gasteiger charge is 2.30. The van der Waals surface area contributed by atoms with Crippen LogP contribution in [0.3, 0.4) is 0 Å². The van der Waals surface area contributed by atoms with Crippen molar-refractivity contribution in [1.82, 2.24) is 29.2 Å². The van der Waals surface area contributed by atoms with Gasteiger partial charge in [0.2, 0.25) is 10.0 Å². The first kappa shape index (κ1) is 25.6. The fraction of sp³-hybridized carbons (Fsp3) is 0.292. The van der Waals surface area contributed by atoms with Gasteiger partial charge in [-0.2, -0.15) is 9.40 Å². The third kappa shape index (κ3) is 5.31. The van der Waals surface area contributed by atoms with Crippen molar-refractivity contribution in [2.45, 2.75) is 13.5 Å². The molecule has 0 radical (unpaired) electrons. The SMILES string of the molecule is CC(=O)CS(=O)(=O)N1CCN(c2nc(-c3cc(-c4ccon4)n(Cc4ccccc4F)n3)ncc2F)CC1. The van der Waals surface area contributed by atoms with Crippen LogP contribution in [0.1, 0.15) is 12.5 Å². The van der Waals surface area contributed by atoms with Crippen molar-refractivity contribution >= 4 is 21.6 Å². The maximum atomic E-state index is 14.8. The summed E-state index contributed by atoms with van der Waals surface area (Å²) in [4.78, 5) is 21.4. The molecule has 1 aromatic carbocycles. The molecule has 0 unspecified atom stereocenters. The number of Topliss-reactive ketones (excluding diaryl/α,β-unsaturated/α-hetero) is 1. The summed E-state index contributed by atoms with van der Waals surface area (Å²) in [5.74, 6) is -1.94. The van der Waals surface area contributed by atoms with E-state index in [0.29, 0.717) is 22.6 Å². The maximum absolute atomic E-state index is 14.8. The lowest BCUT2D eigenvalue weighted by molar-refractivity contribution is -0.114. The van der Waals surface area contributed by atoms with Crippen LogP contribution in [0.15, 0.2) is 53.4 Å². The number of ketones is 1. The summed E-state index contributed by atoms with van der Waals surface area (Å²) in [5, 5.41) is 8.50. The molecule has 0 bridgehead atoms. The molecule has 4 aromatic rings. The first-order valence-electron chi connectivity index (χ1n) is 11.7. The molecule has 0 amide bonds. The van der Waals surface area contributed by atoms with Crippen LogP contribution in [0.2, 0.25) is 0 Å². The molecule has 1 fully saturated rings. The third-order valence-corrected chi connectivity index (χ3v) is 7.95. The van der Waals surface area contributed by atoms with E-state index in [1.54, 1.807) is 35.2 Å². The number of hydrogen-bond donors (Lipinski definition) is 0. The zero-order chi connectivity index (χ0) is 26.9. The van der Waals surface area contributed by atoms with Crippen molar-refractivity contribution in [2.24, 2.45) is 0 Å². The highest BCUT2D eigenvalue weighted by atomic mass is 32.2. The Morgan fingerprint density at radius 3 is 2.50 bits per heavy atom. The number of halogens is 2. The quantitative estimate of drug-likeness (QED) is 0.329. The van der Waals surface area contributed by atoms with Gasteiger partial charge in [-0.25, -0.2) is 27.2 Å². The van der Waals surface area contributed by atoms with Crippen LogP contribution in [-0.2, 0) is 21.4 Å². The van der Waals surface area contributed by atoms with E-state index < -0.39 is 27.4 Å². The van der Waals surface area contributed by atoms with Crippen molar-refractivity contribution in [1.29, 1.82) is 0 Å². The number of benzene rings is 1. The lowest BCUT2D eigenvalue weighted by Crippen LogP contribution is -2.50. The summed E-state index contributed by atoms with van der Waals surface area (Å²) in [7, 11) is -3.72. The molecule has 5 rings (SSSR count). The number of piperazine rings is 1. The number of carbonyl (C=O) groups is 1. The van der Waals surface area contributed by atoms with Crippen molar-refractivity contribution < 1.29 is 26.5 Å². The maximum Gasteiger partial charge on any atom is 0.221 e. The minimum absolute atomic E-state index is 0.00487. The monoisotopic (exact) mass is 543 g/mol. The first-order valence-corrected chi connectivity index (χ1v) is 13.3. The van der Waals surface area contributed by atoms with Gasteiger partial charge in [-0.05, 0) is 19.1 Å². The molecule has 38 heavy (non-hydrogen) atoms. The minimum Gasteiger partial charge on any atom is -0.364 e. The second kappa shape index (κ2) is 10.4. The molecule has 11 nitrogen and oxygen atoms in total. The lowest BCUT2D eigenvalue weighted by Gasteiger charge is -2.34. The second-order valence-electron chi connectivity index (χ2n) is 8.76. The van der Waals surface area contributed by atoms with Gasteiger partial charge in [-0.3, -0.25) is 9.48 Å². The molecule has 198 valence electrons. The Kier molecular flexibility index (Phi) is 6.99. The fourth-order valence-corrected chi connectivity index (χ4v) is 5.63. The Bertz CT molecular complexity index is 1570. The number of anilines is 1. The lowest BCUT2D eigenvalue weighted by atomic mass is 10.2. The Hall–Kier alpha value is -4.04. The van der Waals surface area contributed by atoms with Gasteiger partial charge < -0.3 is 9.42 Å². The normalized spacial score (nSPS) is 14.7. The molecule has 0 spiro atoms. The van der Waals surface area contributed by atoms with E-state index >= 15 is 0 Å². The van der Waals surface area contributed by atoms with Crippen LogP contribution >= 0.6 is 0 Å². The third-order valence-electron chi connectivity index (χ3n) is 6.03. The molecule has 4 heterocycles. The van der Waals surface area contributed by atoms with Gasteiger partial charge in [-0.15, -0.1) is 0 Å². The Balaban J connectivity index is 1.43. The Morgan fingerprint density at radius 2 is 1.82 bits per heavy atom. The van der Waals surface area contributed by atoms with Crippen molar-refractivity contribution in [3.05, 3.63) is 66.1 Å². The smallest absolute Gasteiger partial charge is 0.221 e. The number of rotatable bonds is 8. The van der Waals surface area contributed by atoms with E-state index in [1.165, 1.54) is 28.2 Å². The largest absolute Gasteiger partial charge is 0.364 e. The average molecular weight is 544 g/mol. The zero-order valence-corrected chi connectivity index (χ0v) is 21.1. The average Bonchev–Trinajstić information content (AvgIpc) is 3.55. The number of carbonyl (C=O) groups excluding carboxylic acids is 1. The van der Waals surface area contributed by atoms with Crippen LogP contribution < -0.4 is 4.90 Å². The van der Waals surface area contributed by atoms with Crippen molar-refractivity contribution in [3.8, 4) is 22.9 Å². The summed E-state index contributed by atoms with van der Waals surface area (Å²) >= 11 is 0. The molecule has 0 atom stereocenters. The molecule has 0 saturated carbocycles. The van der Waals surface area contributed by atoms with E-state index in [9.17, 15) is 22.0 Å². The fourth-order valence-electron chi connectivity index (χ4n) is 4.21. The minimum atomic E-state index is -3.72. The van der Waals surface area contributed by atoms with Crippen LogP contribution in [0.25, 0.3) is 22.9 Å². The predicted molar refractivity (Wildman–Crippen MR) is 132 cm³/mol. The van der Waals surface area contributed by atoms with Crippen molar-refractivity contribution in [2.75, 3.05) is 36.8 Å². The molecule has 0 aliphatic carbocycles. The van der Waals surface area contributed by atoms with E-state index in [-0.39, 0.29) is 50.2 Å². The molecular formula is C24H23F2N7O4S. The van der Waals surface area contributed by atoms with Crippen LogP contribution in [-0.4, -0.2) is 75.3 Å². The number of nitrogens with zero attached hydrogens (tertiary/aromatic N) is 7. The summed E-state index contributed by atoms with van der Waals surface area (Å²) < 4.78 is 61.6. The molecule has 3 aromatic heterocycles. The number of hydrogen-bond acceptors (Lipinski definition) is 9. The van der Waals surface area contributed by atoms with Crippen molar-refractivity contribution in [3.63, 3.8) is 0 Å². The predicted octanol–water partition coefficient (Wildman–Crippen LogP) is 2.36. The molecule has 14 heteroatoms. The Labute approximate surface area is 216 Å². The molecule has 1 aliphatic rings. The second-order valence-corrected chi connectivity index (χ2v) is 10.7. The molecule has 1 aliphatic heterocycles. The number of sulfonamides is 1. The van der Waals surface area contributed by atoms with Gasteiger partial charge in [-0.1, -0.05) is 23.4 Å². The number of aromatic nitrogens is 5. The molecular weight excluding hydrogens is 520 g/mol. The van der Waals surface area contributed by atoms with E-state index in [4.69, 9.17) is 4.52 Å². The van der Waals surface area contributed by atoms with E-state index in [1.807, 2.05) is 0 Å². The Morgan fingerprint density at radius 1 is 1.05 bits per heavy atom. The van der Waals surface area contributed by atoms with Gasteiger partial charge in [0.05, 0.1) is 18.4 Å². The summed E-state index contributed by atoms with van der Waals surface area (Å²) in [6.45, 7) is 1.84. The van der Waals surface area contributed by atoms with Gasteiger partial charge in [0.1, 0.15) is 35.0 Å². The summed E-state index contributed by atoms with van der Waals surface area (Å²) in [6, 6.07) is 9.61. The van der Waals surface area contributed by atoms with Crippen LogP contribution in [0.5, 0.6) is 0 Å². The molecule has 0 N–H and O–H groups in total. The van der Waals surface area contributed by atoms with Gasteiger partial charge in [0, 0.05) is 37.8 Å². The standard InChI is InChI=1S/C24H23F2N7O4S/c1-16(34)15-38(35,36)32-9-7-31(8-10-32)24-19(26)13-27-23(28-24)21-12-22(20-6-11-37-30-20)33(29-21)14-17-4-2-3-5-18(17)25/h2-6,11-13H,7-10,14-15H2,1H3. The van der Waals surface area contributed by atoms with Crippen LogP contribution in [0, 0.1) is 11.6 Å². The first-order chi connectivity index (χ1) is 18.2. The molecule has 1 saturated heterocycles. The zero-order valence-electron chi connectivity index (χ0n) is 20.3. The highest BCUT2D eigenvalue weighted by Crippen LogP contribution is 2.27. The summed E-state index contributed by atoms with van der Waals surface area (Å²) in [5.41, 5.74) is 1.70. The van der Waals surface area contributed by atoms with Crippen LogP contribution in [0.4, 0.5) is 14.6 Å². The van der Waals surface area contributed by atoms with Gasteiger partial charge in [0.25, 0.3) is 0 Å². The van der Waals surface area contributed by atoms with E-state index in [2.05, 4.69) is 20.2 Å². The van der Waals surface area contributed by atoms with Gasteiger partial charge >= 0.3 is 0 Å². The highest BCUT2D eigenvalue weighted by molar-refractivity contribution is 7.89. The summed E-state index contributed by atoms with van der Waals surface area (Å²) in [6.07, 6.45) is 2.43. The van der Waals surface area contributed by atoms with Gasteiger partial charge in [0.15, 0.2) is 17.5 Å². The van der Waals surface area contributed by atoms with E-state index in [0.717, 1.165) is 6.20 Å². The topological polar surface area (TPSA) is 127 Å².